The van der Waals surface area contributed by atoms with Crippen molar-refractivity contribution in [2.45, 2.75) is 13.0 Å². The molecular formula is C14H19N3O. The van der Waals surface area contributed by atoms with Crippen LogP contribution in [0.1, 0.15) is 12.7 Å². The lowest BCUT2D eigenvalue weighted by Crippen LogP contribution is -2.29. The number of rotatable bonds is 4. The van der Waals surface area contributed by atoms with Crippen molar-refractivity contribution < 1.29 is 4.42 Å². The van der Waals surface area contributed by atoms with Crippen LogP contribution in [0.3, 0.4) is 0 Å². The average molecular weight is 245 g/mol. The third-order valence-electron chi connectivity index (χ3n) is 3.87. The minimum Gasteiger partial charge on any atom is -0.424 e. The molecule has 4 nitrogen and oxygen atoms in total. The van der Waals surface area contributed by atoms with Gasteiger partial charge in [0.1, 0.15) is 5.76 Å². The van der Waals surface area contributed by atoms with Gasteiger partial charge in [0.15, 0.2) is 0 Å². The molecule has 0 aromatic carbocycles. The van der Waals surface area contributed by atoms with Crippen LogP contribution in [0.4, 0.5) is 6.01 Å². The zero-order chi connectivity index (χ0) is 12.5. The van der Waals surface area contributed by atoms with Crippen LogP contribution in [0.25, 0.3) is 6.08 Å². The summed E-state index contributed by atoms with van der Waals surface area (Å²) in [6.45, 7) is 4.12. The lowest BCUT2D eigenvalue weighted by atomic mass is 10.4. The van der Waals surface area contributed by atoms with Gasteiger partial charge in [-0.2, -0.15) is 0 Å². The largest absolute Gasteiger partial charge is 0.424 e. The molecule has 3 rings (SSSR count). The molecule has 1 N–H and O–H groups in total. The van der Waals surface area contributed by atoms with E-state index in [1.54, 1.807) is 6.20 Å². The number of oxazole rings is 1. The molecule has 1 aromatic heterocycles. The number of piperidine rings is 1. The van der Waals surface area contributed by atoms with E-state index in [-0.39, 0.29) is 0 Å². The van der Waals surface area contributed by atoms with Crippen LogP contribution in [0.2, 0.25) is 0 Å². The van der Waals surface area contributed by atoms with Crippen LogP contribution in [0.5, 0.6) is 0 Å². The second-order valence-electron chi connectivity index (χ2n) is 4.98. The number of fused-ring (bicyclic) bond motifs is 1. The fraction of sp³-hybridized carbons (Fsp3) is 0.500. The van der Waals surface area contributed by atoms with E-state index in [0.29, 0.717) is 6.04 Å². The Morgan fingerprint density at radius 3 is 2.83 bits per heavy atom. The van der Waals surface area contributed by atoms with Crippen LogP contribution in [0.15, 0.2) is 28.8 Å². The third-order valence-corrected chi connectivity index (χ3v) is 3.87. The predicted molar refractivity (Wildman–Crippen MR) is 72.4 cm³/mol. The molecule has 2 fully saturated rings. The first kappa shape index (κ1) is 11.5. The summed E-state index contributed by atoms with van der Waals surface area (Å²) >= 11 is 0. The molecule has 1 aromatic rings. The number of nitrogens with zero attached hydrogens (tertiary/aromatic N) is 2. The summed E-state index contributed by atoms with van der Waals surface area (Å²) in [5.74, 6) is 2.38. The minimum atomic E-state index is 0.713. The van der Waals surface area contributed by atoms with Gasteiger partial charge in [0.2, 0.25) is 0 Å². The highest BCUT2D eigenvalue weighted by atomic mass is 16.4. The maximum absolute atomic E-state index is 5.73. The highest BCUT2D eigenvalue weighted by Gasteiger charge is 2.55. The van der Waals surface area contributed by atoms with Gasteiger partial charge in [-0.3, -0.25) is 0 Å². The van der Waals surface area contributed by atoms with Crippen molar-refractivity contribution in [3.05, 3.63) is 30.2 Å². The van der Waals surface area contributed by atoms with Gasteiger partial charge in [-0.25, -0.2) is 4.98 Å². The molecule has 1 saturated heterocycles. The molecule has 2 aliphatic rings. The summed E-state index contributed by atoms with van der Waals surface area (Å²) in [4.78, 5) is 6.59. The Hall–Kier alpha value is -1.55. The number of hydrogen-bond acceptors (Lipinski definition) is 4. The molecule has 1 aliphatic carbocycles. The second kappa shape index (κ2) is 4.61. The zero-order valence-corrected chi connectivity index (χ0v) is 10.8. The number of aromatic nitrogens is 1. The second-order valence-corrected chi connectivity index (χ2v) is 4.98. The number of anilines is 1. The number of nitrogens with one attached hydrogen (secondary N) is 1. The summed E-state index contributed by atoms with van der Waals surface area (Å²) in [7, 11) is 2.04. The van der Waals surface area contributed by atoms with Crippen LogP contribution in [-0.4, -0.2) is 31.2 Å². The van der Waals surface area contributed by atoms with Crippen LogP contribution in [-0.2, 0) is 0 Å². The molecule has 0 unspecified atom stereocenters. The standard InChI is InChI=1S/C14H19N3O/c1-3-4-5-6-10-7-16-14(18-10)17-8-11-12(9-17)13(11)15-2/h3-7,11-13,15H,8-9H2,1-2H3/b4-3-,6-5-/t11-,12+,13+. The van der Waals surface area contributed by atoms with E-state index >= 15 is 0 Å². The molecule has 0 amide bonds. The van der Waals surface area contributed by atoms with Crippen molar-refractivity contribution in [1.29, 1.82) is 0 Å². The van der Waals surface area contributed by atoms with Crippen molar-refractivity contribution in [2.75, 3.05) is 25.0 Å². The van der Waals surface area contributed by atoms with E-state index < -0.39 is 0 Å². The maximum Gasteiger partial charge on any atom is 0.297 e. The van der Waals surface area contributed by atoms with Crippen molar-refractivity contribution in [3.63, 3.8) is 0 Å². The van der Waals surface area contributed by atoms with Crippen LogP contribution in [0, 0.1) is 11.8 Å². The smallest absolute Gasteiger partial charge is 0.297 e. The van der Waals surface area contributed by atoms with Gasteiger partial charge >= 0.3 is 0 Å². The molecule has 2 heterocycles. The van der Waals surface area contributed by atoms with E-state index in [1.165, 1.54) is 0 Å². The zero-order valence-electron chi connectivity index (χ0n) is 10.8. The highest BCUT2D eigenvalue weighted by molar-refractivity contribution is 5.46. The number of allylic oxidation sites excluding steroid dienone is 3. The van der Waals surface area contributed by atoms with E-state index in [1.807, 2.05) is 38.3 Å². The van der Waals surface area contributed by atoms with Crippen molar-refractivity contribution >= 4 is 12.1 Å². The topological polar surface area (TPSA) is 41.3 Å². The summed E-state index contributed by atoms with van der Waals surface area (Å²) in [6.07, 6.45) is 9.64. The first-order valence-corrected chi connectivity index (χ1v) is 6.51. The van der Waals surface area contributed by atoms with Crippen molar-refractivity contribution in [1.82, 2.24) is 10.3 Å². The van der Waals surface area contributed by atoms with Crippen molar-refractivity contribution in [2.24, 2.45) is 11.8 Å². The molecule has 1 aliphatic heterocycles. The van der Waals surface area contributed by atoms with E-state index in [2.05, 4.69) is 15.2 Å². The van der Waals surface area contributed by atoms with Crippen LogP contribution < -0.4 is 10.2 Å². The van der Waals surface area contributed by atoms with Gasteiger partial charge in [-0.1, -0.05) is 18.2 Å². The van der Waals surface area contributed by atoms with Gasteiger partial charge in [0.05, 0.1) is 6.20 Å². The van der Waals surface area contributed by atoms with Gasteiger partial charge < -0.3 is 14.6 Å². The molecule has 4 heteroatoms. The summed E-state index contributed by atoms with van der Waals surface area (Å²) < 4.78 is 5.73. The lowest BCUT2D eigenvalue weighted by molar-refractivity contribution is 0.521. The Labute approximate surface area is 107 Å². The quantitative estimate of drug-likeness (QED) is 0.823. The molecular weight excluding hydrogens is 226 g/mol. The molecule has 0 spiro atoms. The normalized spacial score (nSPS) is 30.6. The van der Waals surface area contributed by atoms with Gasteiger partial charge in [-0.05, 0) is 31.9 Å². The van der Waals surface area contributed by atoms with Crippen molar-refractivity contribution in [3.8, 4) is 0 Å². The first-order chi connectivity index (χ1) is 8.83. The molecule has 96 valence electrons. The molecule has 1 saturated carbocycles. The average Bonchev–Trinajstić information content (AvgIpc) is 2.78. The molecule has 18 heavy (non-hydrogen) atoms. The van der Waals surface area contributed by atoms with Crippen LogP contribution >= 0.6 is 0 Å². The lowest BCUT2D eigenvalue weighted by Gasteiger charge is -2.16. The Morgan fingerprint density at radius 1 is 1.39 bits per heavy atom. The van der Waals surface area contributed by atoms with Gasteiger partial charge in [0.25, 0.3) is 6.01 Å². The maximum atomic E-state index is 5.73. The molecule has 0 radical (unpaired) electrons. The fourth-order valence-corrected chi connectivity index (χ4v) is 2.87. The highest BCUT2D eigenvalue weighted by Crippen LogP contribution is 2.46. The first-order valence-electron chi connectivity index (χ1n) is 6.51. The monoisotopic (exact) mass is 245 g/mol. The van der Waals surface area contributed by atoms with E-state index in [4.69, 9.17) is 4.42 Å². The minimum absolute atomic E-state index is 0.713. The summed E-state index contributed by atoms with van der Waals surface area (Å²) in [5, 5.41) is 3.36. The van der Waals surface area contributed by atoms with Gasteiger partial charge in [0, 0.05) is 19.1 Å². The Bertz CT molecular complexity index is 465. The number of hydrogen-bond donors (Lipinski definition) is 1. The molecule has 3 atom stereocenters. The Balaban J connectivity index is 1.62. The Kier molecular flexibility index (Phi) is 2.96. The summed E-state index contributed by atoms with van der Waals surface area (Å²) in [6, 6.07) is 1.47. The SMILES string of the molecule is C/C=C\C=C/c1cnc(N2C[C@@H]3[C@H](C2)[C@H]3NC)o1. The third kappa shape index (κ3) is 1.97. The predicted octanol–water partition coefficient (Wildman–Crippen LogP) is 1.92. The van der Waals surface area contributed by atoms with Gasteiger partial charge in [-0.15, -0.1) is 0 Å². The van der Waals surface area contributed by atoms with E-state index in [9.17, 15) is 0 Å². The fourth-order valence-electron chi connectivity index (χ4n) is 2.87. The summed E-state index contributed by atoms with van der Waals surface area (Å²) in [5.41, 5.74) is 0. The molecule has 0 bridgehead atoms. The van der Waals surface area contributed by atoms with E-state index in [0.717, 1.165) is 36.7 Å². The Morgan fingerprint density at radius 2 is 2.17 bits per heavy atom.